The Hall–Kier alpha value is -8.67. The van der Waals surface area contributed by atoms with Gasteiger partial charge in [0.25, 0.3) is 6.33 Å². The third-order valence-corrected chi connectivity index (χ3v) is 21.9. The van der Waals surface area contributed by atoms with E-state index in [0.717, 1.165) is 60.2 Å². The SMILES string of the molecule is [2H]c1c([2H])c2c(c([2H])c1-c1cccc(-c3c([2H])c([2H])c4c(c3[2H])C(C([2H])([2H])[2H])(C([2H])([2H])[2H])C([2H])([2H])C([2H])([2H])C4(C([2H])([2H])[2H])C([2H])([2H])[2H])c1-[n+]1[c-]n(-c3[c-]c(Oc4[c-]c5c(cc4)c4ccccc4n5-c4cc(C(C)(C)C)ccn4)ccc3)c3cc([Si](c4ccccc4)(c4ccccc4)c4ccccc4)ccc31)C(C([2H])([2H])[2H])(C([2H])([2H])[2H])C([2H])([2H])C([2H])([2H])C2(C([2H])([2H])[2H])C([2H])([2H])[2H].[Pt]. The molecule has 5 nitrogen and oxygen atoms in total. The van der Waals surface area contributed by atoms with Gasteiger partial charge >= 0.3 is 0 Å². The Balaban J connectivity index is 0.0000138. The molecule has 0 radical (unpaired) electrons. The van der Waals surface area contributed by atoms with Crippen LogP contribution in [0.15, 0.2) is 237 Å². The number of pyridine rings is 1. The summed E-state index contributed by atoms with van der Waals surface area (Å²) in [6, 6.07) is 51.5. The molecule has 2 aliphatic carbocycles. The Bertz CT molecular complexity index is 6400. The van der Waals surface area contributed by atoms with Crippen molar-refractivity contribution in [1.29, 1.82) is 0 Å². The molecule has 2 aliphatic rings. The van der Waals surface area contributed by atoms with E-state index in [0.29, 0.717) is 16.5 Å². The molecule has 0 atom stereocenters. The molecule has 10 aromatic carbocycles. The van der Waals surface area contributed by atoms with Crippen LogP contribution in [0, 0.1) is 18.5 Å². The van der Waals surface area contributed by atoms with Crippen LogP contribution in [0.2, 0.25) is 0 Å². The number of imidazole rings is 1. The van der Waals surface area contributed by atoms with Crippen LogP contribution in [0.5, 0.6) is 11.5 Å². The first-order chi connectivity index (χ1) is 59.8. The molecule has 0 saturated heterocycles. The molecular weight excluding hydrogens is 1330 g/mol. The molecule has 0 bridgehead atoms. The molecule has 93 heavy (non-hydrogen) atoms. The molecular formula is C86H80N4OPtSi-2. The van der Waals surface area contributed by atoms with Crippen LogP contribution in [-0.2, 0) is 48.1 Å². The first-order valence-electron chi connectivity index (χ1n) is 48.5. The summed E-state index contributed by atoms with van der Waals surface area (Å²) in [6.45, 7) is -30.6. The average molecular weight is 1450 g/mol. The van der Waals surface area contributed by atoms with Crippen molar-refractivity contribution >= 4 is 61.7 Å². The second kappa shape index (κ2) is 23.1. The van der Waals surface area contributed by atoms with E-state index in [1.807, 2.05) is 138 Å². The quantitative estimate of drug-likeness (QED) is 0.0560. The molecule has 466 valence electrons. The maximum absolute atomic E-state index is 10.7. The Morgan fingerprint density at radius 3 is 1.63 bits per heavy atom. The predicted molar refractivity (Wildman–Crippen MR) is 384 cm³/mol. The van der Waals surface area contributed by atoms with Gasteiger partial charge in [-0.2, -0.15) is 18.2 Å². The molecule has 0 fully saturated rings. The van der Waals surface area contributed by atoms with Gasteiger partial charge in [-0.25, -0.2) is 4.98 Å². The summed E-state index contributed by atoms with van der Waals surface area (Å²) in [5.74, 6) is 0.620. The number of para-hydroxylation sites is 2. The average Bonchev–Trinajstić information content (AvgIpc) is 0.892. The fourth-order valence-corrected chi connectivity index (χ4v) is 17.5. The van der Waals surface area contributed by atoms with Crippen LogP contribution >= 0.6 is 0 Å². The molecule has 0 spiro atoms. The minimum atomic E-state index is -4.90. The Kier molecular flexibility index (Phi) is 7.94. The van der Waals surface area contributed by atoms with Gasteiger partial charge in [0.1, 0.15) is 5.82 Å². The fourth-order valence-electron chi connectivity index (χ4n) is 12.7. The topological polar surface area (TPSA) is 35.9 Å². The molecule has 3 aromatic heterocycles. The maximum Gasteiger partial charge on any atom is 0.268 e. The second-order valence-electron chi connectivity index (χ2n) is 24.1. The van der Waals surface area contributed by atoms with Gasteiger partial charge in [-0.05, 0) is 153 Å². The van der Waals surface area contributed by atoms with Crippen LogP contribution in [0.25, 0.3) is 72.3 Å². The van der Waals surface area contributed by atoms with Gasteiger partial charge in [-0.3, -0.25) is 4.57 Å². The molecule has 3 heterocycles. The second-order valence-corrected chi connectivity index (χ2v) is 27.9. The van der Waals surface area contributed by atoms with Crippen LogP contribution in [0.3, 0.4) is 0 Å². The van der Waals surface area contributed by atoms with Gasteiger partial charge in [0, 0.05) is 88.1 Å². The normalized spacial score (nSPS) is 24.8. The number of benzene rings is 10. The van der Waals surface area contributed by atoms with Gasteiger partial charge in [-0.15, -0.1) is 29.7 Å². The Labute approximate surface area is 618 Å². The Morgan fingerprint density at radius 1 is 0.527 bits per heavy atom. The van der Waals surface area contributed by atoms with E-state index >= 15 is 0 Å². The van der Waals surface area contributed by atoms with E-state index in [2.05, 4.69) is 39.2 Å². The van der Waals surface area contributed by atoms with E-state index in [-0.39, 0.29) is 54.7 Å². The summed E-state index contributed by atoms with van der Waals surface area (Å²) in [4.78, 5) is 4.82. The van der Waals surface area contributed by atoms with Crippen molar-refractivity contribution in [3.8, 4) is 50.9 Å². The van der Waals surface area contributed by atoms with Crippen molar-refractivity contribution in [3.63, 3.8) is 0 Å². The van der Waals surface area contributed by atoms with Crippen LogP contribution in [0.1, 0.15) is 181 Å². The Morgan fingerprint density at radius 2 is 1.06 bits per heavy atom. The maximum atomic E-state index is 10.7. The van der Waals surface area contributed by atoms with Crippen molar-refractivity contribution in [1.82, 2.24) is 14.1 Å². The summed E-state index contributed by atoms with van der Waals surface area (Å²) in [5, 5.41) is 4.48. The molecule has 13 aromatic rings. The predicted octanol–water partition coefficient (Wildman–Crippen LogP) is 18.3. The first kappa shape index (κ1) is 32.0. The zero-order valence-electron chi connectivity index (χ0n) is 88.1. The summed E-state index contributed by atoms with van der Waals surface area (Å²) in [7, 11) is -3.84. The van der Waals surface area contributed by atoms with Crippen molar-refractivity contribution in [2.75, 3.05) is 0 Å². The number of aromatic nitrogens is 4. The number of ether oxygens (including phenoxy) is 1. The minimum Gasteiger partial charge on any atom is -0.510 e. The van der Waals surface area contributed by atoms with Gasteiger partial charge in [-0.1, -0.05) is 263 Å². The van der Waals surface area contributed by atoms with E-state index in [1.54, 1.807) is 24.4 Å². The van der Waals surface area contributed by atoms with Gasteiger partial charge in [0.2, 0.25) is 0 Å². The molecule has 0 N–H and O–H groups in total. The molecule has 0 saturated carbocycles. The van der Waals surface area contributed by atoms with Crippen LogP contribution in [-0.4, -0.2) is 22.2 Å². The van der Waals surface area contributed by atoms with Gasteiger partial charge < -0.3 is 13.9 Å². The first-order valence-corrected chi connectivity index (χ1v) is 31.5. The largest absolute Gasteiger partial charge is 0.510 e. The molecule has 15 rings (SSSR count). The van der Waals surface area contributed by atoms with Crippen molar-refractivity contribution < 1.29 is 82.5 Å². The van der Waals surface area contributed by atoms with Crippen LogP contribution in [0.4, 0.5) is 0 Å². The smallest absolute Gasteiger partial charge is 0.268 e. The third kappa shape index (κ3) is 10.6. The van der Waals surface area contributed by atoms with E-state index in [1.165, 1.54) is 28.8 Å². The third-order valence-electron chi connectivity index (χ3n) is 17.1. The number of rotatable bonds is 11. The van der Waals surface area contributed by atoms with Gasteiger partial charge in [0.05, 0.1) is 24.9 Å². The van der Waals surface area contributed by atoms with Crippen molar-refractivity contribution in [3.05, 3.63) is 283 Å². The van der Waals surface area contributed by atoms with Crippen molar-refractivity contribution in [2.24, 2.45) is 0 Å². The standard InChI is InChI=1S/C86H80N4OSi.Pt/c1-82(2,3)60-45-50-87-80(53-60)90-76-36-22-21-33-70(76)71-41-39-63(55-78(71)90)91-62-26-23-25-61(54-62)88-57-89(77-44-40-67(56-79(77)88)92(64-27-15-12-16-28-64,65-29-17-13-18-30-65)66-31-19-14-20-32-66)81-68(58-37-42-72-74(51-58)85(8,9)48-46-83(72,4)5)34-24-35-69(81)59-38-43-73-75(52-59)86(10,11)49-47-84(73,6)7;/h12-45,50-53,56H,46-49H2,1-11H3;/q-2;/i4D3,5D3,6D3,7D3,8D3,9D3,10D3,11D3,37D,38D,42D,43D,46D2,47D2,48D2,49D2,51D,52D;. The number of fused-ring (bicyclic) bond motifs is 6. The molecule has 0 amide bonds. The van der Waals surface area contributed by atoms with E-state index in [4.69, 9.17) is 26.2 Å². The zero-order valence-corrected chi connectivity index (χ0v) is 53.3. The molecule has 7 heteroatoms. The van der Waals surface area contributed by atoms with E-state index in [9.17, 15) is 35.6 Å². The number of nitrogens with zero attached hydrogens (tertiary/aromatic N) is 4. The monoisotopic (exact) mass is 1450 g/mol. The fraction of sp³-hybridized carbons (Fsp3) is 0.233. The number of hydrogen-bond donors (Lipinski definition) is 0. The van der Waals surface area contributed by atoms with Gasteiger partial charge in [0.15, 0.2) is 8.07 Å². The summed E-state index contributed by atoms with van der Waals surface area (Å²) < 4.78 is 372. The van der Waals surface area contributed by atoms with Crippen molar-refractivity contribution in [2.45, 2.75) is 128 Å². The minimum absolute atomic E-state index is 0. The van der Waals surface area contributed by atoms with E-state index < -0.39 is 196 Å². The number of hydrogen-bond acceptors (Lipinski definition) is 2. The van der Waals surface area contributed by atoms with Crippen LogP contribution < -0.4 is 30.1 Å². The summed E-state index contributed by atoms with van der Waals surface area (Å²) in [5.41, 5.74) is -30.3. The summed E-state index contributed by atoms with van der Waals surface area (Å²) in [6.07, 6.45) is -14.5. The molecule has 0 unspecified atom stereocenters. The molecule has 0 aliphatic heterocycles. The zero-order chi connectivity index (χ0) is 95.9. The summed E-state index contributed by atoms with van der Waals surface area (Å²) >= 11 is 0.